The zero-order valence-electron chi connectivity index (χ0n) is 11.1. The maximum atomic E-state index is 5.72. The van der Waals surface area contributed by atoms with Gasteiger partial charge in [-0.15, -0.1) is 0 Å². The van der Waals surface area contributed by atoms with Crippen LogP contribution in [0.5, 0.6) is 0 Å². The summed E-state index contributed by atoms with van der Waals surface area (Å²) in [6.45, 7) is 16.8. The Morgan fingerprint density at radius 1 is 0.733 bits per heavy atom. The molecule has 0 aliphatic carbocycles. The molecule has 0 heterocycles. The van der Waals surface area contributed by atoms with E-state index in [-0.39, 0.29) is 0 Å². The molecule has 0 bridgehead atoms. The molecular formula is C10H27NO2Si2. The molecule has 0 atom stereocenters. The van der Waals surface area contributed by atoms with Crippen molar-refractivity contribution in [1.82, 2.24) is 5.32 Å². The summed E-state index contributed by atoms with van der Waals surface area (Å²) in [6.07, 6.45) is 0. The van der Waals surface area contributed by atoms with E-state index < -0.39 is 16.6 Å². The Labute approximate surface area is 96.8 Å². The van der Waals surface area contributed by atoms with E-state index >= 15 is 0 Å². The topological polar surface area (TPSA) is 30.5 Å². The van der Waals surface area contributed by atoms with Crippen molar-refractivity contribution in [3.8, 4) is 0 Å². The van der Waals surface area contributed by atoms with Gasteiger partial charge in [-0.05, 0) is 39.3 Å². The first-order valence-electron chi connectivity index (χ1n) is 5.69. The van der Waals surface area contributed by atoms with Gasteiger partial charge >= 0.3 is 0 Å². The van der Waals surface area contributed by atoms with Gasteiger partial charge in [-0.25, -0.2) is 0 Å². The van der Waals surface area contributed by atoms with E-state index in [2.05, 4.69) is 44.6 Å². The highest BCUT2D eigenvalue weighted by molar-refractivity contribution is 6.70. The lowest BCUT2D eigenvalue weighted by Gasteiger charge is -2.19. The molecule has 0 radical (unpaired) electrons. The van der Waals surface area contributed by atoms with Gasteiger partial charge < -0.3 is 14.2 Å². The second kappa shape index (κ2) is 6.80. The standard InChI is InChI=1S/C10H27NO2Si2/c1-14(2,3)12-9-7-11-8-10-13-15(4,5)6/h11H,7-10H2,1-6H3. The molecule has 92 valence electrons. The lowest BCUT2D eigenvalue weighted by molar-refractivity contribution is 0.283. The molecular weight excluding hydrogens is 222 g/mol. The van der Waals surface area contributed by atoms with E-state index in [9.17, 15) is 0 Å². The van der Waals surface area contributed by atoms with Crippen molar-refractivity contribution in [1.29, 1.82) is 0 Å². The van der Waals surface area contributed by atoms with Crippen LogP contribution in [0.4, 0.5) is 0 Å². The Kier molecular flexibility index (Phi) is 6.94. The van der Waals surface area contributed by atoms with Crippen molar-refractivity contribution < 1.29 is 8.85 Å². The van der Waals surface area contributed by atoms with E-state index in [1.807, 2.05) is 0 Å². The van der Waals surface area contributed by atoms with Crippen LogP contribution in [0.1, 0.15) is 0 Å². The minimum Gasteiger partial charge on any atom is -0.416 e. The Bertz CT molecular complexity index is 146. The van der Waals surface area contributed by atoms with Gasteiger partial charge in [-0.3, -0.25) is 0 Å². The summed E-state index contributed by atoms with van der Waals surface area (Å²) in [6, 6.07) is 0. The third-order valence-electron chi connectivity index (χ3n) is 1.63. The average Bonchev–Trinajstić information content (AvgIpc) is 1.98. The van der Waals surface area contributed by atoms with Crippen LogP contribution in [0, 0.1) is 0 Å². The van der Waals surface area contributed by atoms with Crippen molar-refractivity contribution in [2.75, 3.05) is 26.3 Å². The Hall–Kier alpha value is 0.314. The fourth-order valence-corrected chi connectivity index (χ4v) is 2.41. The highest BCUT2D eigenvalue weighted by atomic mass is 28.4. The second-order valence-electron chi connectivity index (χ2n) is 5.67. The van der Waals surface area contributed by atoms with Crippen LogP contribution in [0.25, 0.3) is 0 Å². The van der Waals surface area contributed by atoms with Crippen LogP contribution >= 0.6 is 0 Å². The molecule has 0 aliphatic rings. The van der Waals surface area contributed by atoms with E-state index in [1.165, 1.54) is 0 Å². The molecule has 1 N–H and O–H groups in total. The third kappa shape index (κ3) is 14.3. The second-order valence-corrected chi connectivity index (χ2v) is 14.7. The zero-order chi connectivity index (χ0) is 11.9. The van der Waals surface area contributed by atoms with Gasteiger partial charge in [-0.2, -0.15) is 0 Å². The number of rotatable bonds is 8. The molecule has 5 heteroatoms. The number of hydrogen-bond donors (Lipinski definition) is 1. The highest BCUT2D eigenvalue weighted by Crippen LogP contribution is 2.01. The van der Waals surface area contributed by atoms with Gasteiger partial charge in [0.1, 0.15) is 0 Å². The molecule has 0 saturated heterocycles. The fraction of sp³-hybridized carbons (Fsp3) is 1.00. The Balaban J connectivity index is 3.20. The summed E-state index contributed by atoms with van der Waals surface area (Å²) in [4.78, 5) is 0. The summed E-state index contributed by atoms with van der Waals surface area (Å²) < 4.78 is 11.4. The van der Waals surface area contributed by atoms with Gasteiger partial charge in [0.25, 0.3) is 0 Å². The lowest BCUT2D eigenvalue weighted by Crippen LogP contribution is -2.33. The molecule has 0 amide bonds. The van der Waals surface area contributed by atoms with E-state index in [1.54, 1.807) is 0 Å². The minimum atomic E-state index is -1.32. The first-order valence-corrected chi connectivity index (χ1v) is 12.5. The summed E-state index contributed by atoms with van der Waals surface area (Å²) in [7, 11) is -2.64. The maximum Gasteiger partial charge on any atom is 0.183 e. The molecule has 0 unspecified atom stereocenters. The van der Waals surface area contributed by atoms with Crippen molar-refractivity contribution in [2.24, 2.45) is 0 Å². The molecule has 3 nitrogen and oxygen atoms in total. The van der Waals surface area contributed by atoms with Crippen molar-refractivity contribution in [3.05, 3.63) is 0 Å². The van der Waals surface area contributed by atoms with E-state index in [0.29, 0.717) is 0 Å². The van der Waals surface area contributed by atoms with Crippen molar-refractivity contribution >= 4 is 16.6 Å². The van der Waals surface area contributed by atoms with Gasteiger partial charge in [-0.1, -0.05) is 0 Å². The van der Waals surface area contributed by atoms with Crippen LogP contribution in [0.3, 0.4) is 0 Å². The smallest absolute Gasteiger partial charge is 0.183 e. The summed E-state index contributed by atoms with van der Waals surface area (Å²) in [5, 5.41) is 3.32. The molecule has 15 heavy (non-hydrogen) atoms. The van der Waals surface area contributed by atoms with Gasteiger partial charge in [0.2, 0.25) is 0 Å². The highest BCUT2D eigenvalue weighted by Gasteiger charge is 2.14. The SMILES string of the molecule is C[Si](C)(C)OCCNCCO[Si](C)(C)C. The van der Waals surface area contributed by atoms with E-state index in [4.69, 9.17) is 8.85 Å². The van der Waals surface area contributed by atoms with Crippen LogP contribution < -0.4 is 5.32 Å². The first kappa shape index (κ1) is 15.3. The predicted octanol–water partition coefficient (Wildman–Crippen LogP) is 2.28. The average molecular weight is 250 g/mol. The fourth-order valence-electron chi connectivity index (χ4n) is 0.984. The Morgan fingerprint density at radius 3 is 1.33 bits per heavy atom. The third-order valence-corrected chi connectivity index (χ3v) is 3.77. The van der Waals surface area contributed by atoms with Gasteiger partial charge in [0, 0.05) is 26.3 Å². The molecule has 0 fully saturated rings. The summed E-state index contributed by atoms with van der Waals surface area (Å²) in [5.74, 6) is 0. The quantitative estimate of drug-likeness (QED) is 0.529. The molecule has 0 aromatic heterocycles. The van der Waals surface area contributed by atoms with Gasteiger partial charge in [0.15, 0.2) is 16.6 Å². The van der Waals surface area contributed by atoms with Crippen LogP contribution in [0.15, 0.2) is 0 Å². The van der Waals surface area contributed by atoms with Crippen LogP contribution in [-0.2, 0) is 8.85 Å². The number of hydrogen-bond acceptors (Lipinski definition) is 3. The van der Waals surface area contributed by atoms with Crippen LogP contribution in [0.2, 0.25) is 39.3 Å². The minimum absolute atomic E-state index is 0.822. The van der Waals surface area contributed by atoms with Crippen LogP contribution in [-0.4, -0.2) is 42.9 Å². The summed E-state index contributed by atoms with van der Waals surface area (Å²) >= 11 is 0. The van der Waals surface area contributed by atoms with Crippen molar-refractivity contribution in [2.45, 2.75) is 39.3 Å². The largest absolute Gasteiger partial charge is 0.416 e. The Morgan fingerprint density at radius 2 is 1.07 bits per heavy atom. The molecule has 0 aromatic rings. The molecule has 0 aliphatic heterocycles. The van der Waals surface area contributed by atoms with Crippen molar-refractivity contribution in [3.63, 3.8) is 0 Å². The normalized spacial score (nSPS) is 13.2. The molecule has 0 saturated carbocycles. The van der Waals surface area contributed by atoms with Gasteiger partial charge in [0.05, 0.1) is 0 Å². The molecule has 0 spiro atoms. The number of nitrogens with one attached hydrogen (secondary N) is 1. The predicted molar refractivity (Wildman–Crippen MR) is 71.5 cm³/mol. The monoisotopic (exact) mass is 249 g/mol. The zero-order valence-corrected chi connectivity index (χ0v) is 13.1. The molecule has 0 rings (SSSR count). The molecule has 0 aromatic carbocycles. The summed E-state index contributed by atoms with van der Waals surface area (Å²) in [5.41, 5.74) is 0. The van der Waals surface area contributed by atoms with E-state index in [0.717, 1.165) is 26.3 Å². The lowest BCUT2D eigenvalue weighted by atomic mass is 10.6. The maximum absolute atomic E-state index is 5.72. The first-order chi connectivity index (χ1) is 6.71.